The first kappa shape index (κ1) is 26.1. The van der Waals surface area contributed by atoms with Crippen molar-refractivity contribution in [3.8, 4) is 5.75 Å². The van der Waals surface area contributed by atoms with Gasteiger partial charge in [0.2, 0.25) is 0 Å². The topological polar surface area (TPSA) is 63.9 Å². The van der Waals surface area contributed by atoms with Gasteiger partial charge in [-0.3, -0.25) is 0 Å². The molecule has 0 aromatic heterocycles. The number of hydrogen-bond acceptors (Lipinski definition) is 4. The number of aliphatic hydroxyl groups excluding tert-OH is 2. The number of hydrogen-bond donors (Lipinski definition) is 3. The second-order valence-electron chi connectivity index (χ2n) is 10.2. The van der Waals surface area contributed by atoms with E-state index < -0.39 is 6.10 Å². The van der Waals surface area contributed by atoms with Gasteiger partial charge >= 0.3 is 0 Å². The quantitative estimate of drug-likeness (QED) is 0.264. The fraction of sp³-hybridized carbons (Fsp3) is 0.281. The van der Waals surface area contributed by atoms with Crippen molar-refractivity contribution in [2.75, 3.05) is 4.90 Å². The van der Waals surface area contributed by atoms with E-state index in [1.807, 2.05) is 48.5 Å². The van der Waals surface area contributed by atoms with Crippen LogP contribution in [0, 0.1) is 11.7 Å². The summed E-state index contributed by atoms with van der Waals surface area (Å²) in [5.41, 5.74) is 3.54. The highest BCUT2D eigenvalue weighted by atomic mass is 32.1. The van der Waals surface area contributed by atoms with Gasteiger partial charge in [-0.15, -0.1) is 0 Å². The zero-order valence-electron chi connectivity index (χ0n) is 21.1. The first-order valence-corrected chi connectivity index (χ1v) is 13.5. The normalized spacial score (nSPS) is 22.2. The van der Waals surface area contributed by atoms with Crippen LogP contribution in [0.4, 0.5) is 10.1 Å². The molecule has 1 saturated heterocycles. The largest absolute Gasteiger partial charge is 0.508 e. The monoisotopic (exact) mass is 529 g/mol. The highest BCUT2D eigenvalue weighted by Gasteiger charge is 2.41. The van der Waals surface area contributed by atoms with Crippen LogP contribution in [0.5, 0.6) is 5.75 Å². The highest BCUT2D eigenvalue weighted by Crippen LogP contribution is 2.43. The van der Waals surface area contributed by atoms with Crippen molar-refractivity contribution in [1.29, 1.82) is 0 Å². The van der Waals surface area contributed by atoms with Gasteiger partial charge in [0.25, 0.3) is 0 Å². The fourth-order valence-electron chi connectivity index (χ4n) is 5.74. The number of halogens is 1. The Balaban J connectivity index is 1.36. The van der Waals surface area contributed by atoms with E-state index in [1.165, 1.54) is 12.1 Å². The first-order valence-electron chi connectivity index (χ1n) is 13.1. The maximum atomic E-state index is 13.3. The van der Waals surface area contributed by atoms with E-state index >= 15 is 0 Å². The van der Waals surface area contributed by atoms with Crippen molar-refractivity contribution < 1.29 is 19.7 Å². The van der Waals surface area contributed by atoms with Crippen LogP contribution >= 0.6 is 12.2 Å². The SMILES string of the molecule is OC1=CC(c2cccc(O)c2)CC=C1C1C(CCCC(O)c2ccc(F)cc2)CC(=S)N1c1ccccc1. The molecule has 6 heteroatoms. The predicted octanol–water partition coefficient (Wildman–Crippen LogP) is 7.51. The lowest BCUT2D eigenvalue weighted by atomic mass is 9.82. The van der Waals surface area contributed by atoms with E-state index in [0.29, 0.717) is 18.4 Å². The van der Waals surface area contributed by atoms with Crippen LogP contribution in [0.15, 0.2) is 102 Å². The Hall–Kier alpha value is -3.48. The molecule has 0 radical (unpaired) electrons. The standard InChI is InChI=1S/C32H32FNO3S/c33-25-15-12-21(13-16-25)29(36)11-5-7-24-20-31(38)34(26-8-2-1-3-9-26)32(24)28-17-14-23(19-30(28)37)22-6-4-10-27(35)18-22/h1-4,6,8-10,12-13,15-19,23-24,29,32,35-37H,5,7,11,14,20H2. The number of benzene rings is 3. The summed E-state index contributed by atoms with van der Waals surface area (Å²) in [5, 5.41) is 31.8. The molecule has 0 saturated carbocycles. The second kappa shape index (κ2) is 11.5. The van der Waals surface area contributed by atoms with Crippen LogP contribution in [-0.4, -0.2) is 26.3 Å². The number of phenols is 1. The molecule has 4 nitrogen and oxygen atoms in total. The van der Waals surface area contributed by atoms with Crippen molar-refractivity contribution >= 4 is 22.9 Å². The smallest absolute Gasteiger partial charge is 0.123 e. The zero-order chi connectivity index (χ0) is 26.6. The number of thiocarbonyl (C=S) groups is 1. The molecule has 1 aliphatic carbocycles. The molecule has 1 aliphatic heterocycles. The summed E-state index contributed by atoms with van der Waals surface area (Å²) < 4.78 is 13.3. The molecule has 5 rings (SSSR count). The number of aliphatic hydroxyl groups is 2. The van der Waals surface area contributed by atoms with E-state index in [0.717, 1.165) is 41.1 Å². The Labute approximate surface area is 228 Å². The molecule has 0 bridgehead atoms. The van der Waals surface area contributed by atoms with Crippen LogP contribution in [0.2, 0.25) is 0 Å². The molecule has 0 spiro atoms. The summed E-state index contributed by atoms with van der Waals surface area (Å²) in [7, 11) is 0. The number of aromatic hydroxyl groups is 1. The summed E-state index contributed by atoms with van der Waals surface area (Å²) >= 11 is 5.87. The Kier molecular flexibility index (Phi) is 7.91. The van der Waals surface area contributed by atoms with Gasteiger partial charge in [0.05, 0.1) is 17.1 Å². The van der Waals surface area contributed by atoms with Crippen LogP contribution in [0.25, 0.3) is 0 Å². The minimum absolute atomic E-state index is 0.0197. The van der Waals surface area contributed by atoms with Gasteiger partial charge < -0.3 is 20.2 Å². The van der Waals surface area contributed by atoms with E-state index in [2.05, 4.69) is 11.0 Å². The summed E-state index contributed by atoms with van der Waals surface area (Å²) in [4.78, 5) is 3.01. The third kappa shape index (κ3) is 5.66. The molecule has 196 valence electrons. The molecule has 1 heterocycles. The van der Waals surface area contributed by atoms with Crippen molar-refractivity contribution in [1.82, 2.24) is 0 Å². The Morgan fingerprint density at radius 2 is 1.74 bits per heavy atom. The number of rotatable bonds is 8. The van der Waals surface area contributed by atoms with Crippen molar-refractivity contribution in [2.24, 2.45) is 5.92 Å². The van der Waals surface area contributed by atoms with Gasteiger partial charge in [-0.05, 0) is 78.8 Å². The second-order valence-corrected chi connectivity index (χ2v) is 10.6. The van der Waals surface area contributed by atoms with Gasteiger partial charge in [-0.1, -0.05) is 67.2 Å². The highest BCUT2D eigenvalue weighted by molar-refractivity contribution is 7.80. The number of allylic oxidation sites excluding steroid dienone is 2. The molecular weight excluding hydrogens is 497 g/mol. The number of nitrogens with zero attached hydrogens (tertiary/aromatic N) is 1. The van der Waals surface area contributed by atoms with Gasteiger partial charge in [0, 0.05) is 23.6 Å². The van der Waals surface area contributed by atoms with Gasteiger partial charge in [0.15, 0.2) is 0 Å². The number of para-hydroxylation sites is 1. The van der Waals surface area contributed by atoms with Gasteiger partial charge in [-0.2, -0.15) is 0 Å². The Bertz CT molecular complexity index is 1340. The van der Waals surface area contributed by atoms with E-state index in [9.17, 15) is 19.7 Å². The van der Waals surface area contributed by atoms with Crippen molar-refractivity contribution in [3.63, 3.8) is 0 Å². The van der Waals surface area contributed by atoms with Crippen LogP contribution in [-0.2, 0) is 0 Å². The van der Waals surface area contributed by atoms with E-state index in [4.69, 9.17) is 12.2 Å². The first-order chi connectivity index (χ1) is 18.4. The molecular formula is C32H32FNO3S. The third-order valence-electron chi connectivity index (χ3n) is 7.64. The molecule has 38 heavy (non-hydrogen) atoms. The lowest BCUT2D eigenvalue weighted by Crippen LogP contribution is -2.37. The Morgan fingerprint density at radius 3 is 2.45 bits per heavy atom. The lowest BCUT2D eigenvalue weighted by molar-refractivity contribution is 0.161. The molecule has 3 aromatic carbocycles. The van der Waals surface area contributed by atoms with Crippen LogP contribution in [0.3, 0.4) is 0 Å². The molecule has 3 N–H and O–H groups in total. The third-order valence-corrected chi connectivity index (χ3v) is 8.00. The molecule has 4 unspecified atom stereocenters. The van der Waals surface area contributed by atoms with Crippen LogP contribution < -0.4 is 4.90 Å². The minimum atomic E-state index is -0.655. The average molecular weight is 530 g/mol. The van der Waals surface area contributed by atoms with Crippen molar-refractivity contribution in [2.45, 2.75) is 50.2 Å². The summed E-state index contributed by atoms with van der Waals surface area (Å²) in [6.07, 6.45) is 6.93. The summed E-state index contributed by atoms with van der Waals surface area (Å²) in [6.45, 7) is 0. The molecule has 2 aliphatic rings. The van der Waals surface area contributed by atoms with Crippen molar-refractivity contribution in [3.05, 3.63) is 119 Å². The summed E-state index contributed by atoms with van der Waals surface area (Å²) in [5.74, 6) is 0.293. The lowest BCUT2D eigenvalue weighted by Gasteiger charge is -2.33. The maximum absolute atomic E-state index is 13.3. The van der Waals surface area contributed by atoms with Gasteiger partial charge in [0.1, 0.15) is 17.3 Å². The molecule has 4 atom stereocenters. The Morgan fingerprint density at radius 1 is 0.974 bits per heavy atom. The van der Waals surface area contributed by atoms with E-state index in [1.54, 1.807) is 24.3 Å². The number of phenolic OH excluding ortho intramolecular Hbond substituents is 1. The minimum Gasteiger partial charge on any atom is -0.508 e. The maximum Gasteiger partial charge on any atom is 0.123 e. The van der Waals surface area contributed by atoms with Gasteiger partial charge in [-0.25, -0.2) is 4.39 Å². The predicted molar refractivity (Wildman–Crippen MR) is 153 cm³/mol. The van der Waals surface area contributed by atoms with E-state index in [-0.39, 0.29) is 35.2 Å². The molecule has 0 amide bonds. The summed E-state index contributed by atoms with van der Waals surface area (Å²) in [6, 6.07) is 23.1. The number of anilines is 1. The fourth-order valence-corrected chi connectivity index (χ4v) is 6.18. The van der Waals surface area contributed by atoms with Crippen LogP contribution in [0.1, 0.15) is 55.3 Å². The average Bonchev–Trinajstić information content (AvgIpc) is 3.24. The molecule has 1 fully saturated rings. The zero-order valence-corrected chi connectivity index (χ0v) is 21.9. The molecule has 3 aromatic rings.